The van der Waals surface area contributed by atoms with Crippen molar-refractivity contribution in [2.45, 2.75) is 57.9 Å². The molecule has 1 aliphatic heterocycles. The number of aromatic nitrogens is 5. The van der Waals surface area contributed by atoms with Crippen LogP contribution in [-0.2, 0) is 17.1 Å². The number of carbonyl (C=O) groups is 1. The lowest BCUT2D eigenvalue weighted by Gasteiger charge is -2.29. The third-order valence-corrected chi connectivity index (χ3v) is 8.20. The Morgan fingerprint density at radius 3 is 2.66 bits per heavy atom. The SMILES string of the molecule is COc1ccccc1C(C)(F)c1nc2nc(C3NOC(=O)N3)nc(-c3cncc(Cl)c3)c2n1CC1CCC(C)CC1. The monoisotopic (exact) mass is 579 g/mol. The average Bonchev–Trinajstić information content (AvgIpc) is 3.57. The van der Waals surface area contributed by atoms with Crippen LogP contribution in [0.1, 0.15) is 62.9 Å². The largest absolute Gasteiger partial charge is 0.496 e. The third kappa shape index (κ3) is 5.19. The summed E-state index contributed by atoms with van der Waals surface area (Å²) in [5.41, 5.74) is 2.84. The molecule has 1 amide bonds. The van der Waals surface area contributed by atoms with Gasteiger partial charge in [-0.3, -0.25) is 10.3 Å². The second-order valence-corrected chi connectivity index (χ2v) is 11.4. The van der Waals surface area contributed by atoms with E-state index >= 15 is 4.39 Å². The number of alkyl halides is 1. The van der Waals surface area contributed by atoms with Crippen LogP contribution >= 0.6 is 11.6 Å². The van der Waals surface area contributed by atoms with E-state index in [1.165, 1.54) is 20.2 Å². The maximum Gasteiger partial charge on any atom is 0.427 e. The van der Waals surface area contributed by atoms with Crippen molar-refractivity contribution in [3.63, 3.8) is 0 Å². The van der Waals surface area contributed by atoms with Gasteiger partial charge in [0.15, 0.2) is 29.1 Å². The molecule has 0 radical (unpaired) electrons. The van der Waals surface area contributed by atoms with Crippen LogP contribution < -0.4 is 15.5 Å². The summed E-state index contributed by atoms with van der Waals surface area (Å²) in [7, 11) is 1.52. The van der Waals surface area contributed by atoms with Gasteiger partial charge in [0.05, 0.1) is 12.1 Å². The molecule has 2 atom stereocenters. The highest BCUT2D eigenvalue weighted by Crippen LogP contribution is 2.42. The molecule has 10 nitrogen and oxygen atoms in total. The van der Waals surface area contributed by atoms with Crippen molar-refractivity contribution in [1.29, 1.82) is 0 Å². The number of imidazole rings is 1. The number of nitrogens with zero attached hydrogens (tertiary/aromatic N) is 5. The summed E-state index contributed by atoms with van der Waals surface area (Å²) < 4.78 is 24.7. The fourth-order valence-corrected chi connectivity index (χ4v) is 5.96. The first-order valence-corrected chi connectivity index (χ1v) is 14.1. The van der Waals surface area contributed by atoms with Gasteiger partial charge < -0.3 is 14.1 Å². The van der Waals surface area contributed by atoms with E-state index in [1.54, 1.807) is 36.5 Å². The van der Waals surface area contributed by atoms with E-state index in [2.05, 4.69) is 27.7 Å². The van der Waals surface area contributed by atoms with Crippen molar-refractivity contribution in [1.82, 2.24) is 35.3 Å². The van der Waals surface area contributed by atoms with Crippen molar-refractivity contribution in [3.05, 3.63) is 65.0 Å². The number of amides is 1. The second-order valence-electron chi connectivity index (χ2n) is 11.0. The van der Waals surface area contributed by atoms with Gasteiger partial charge in [-0.1, -0.05) is 49.6 Å². The van der Waals surface area contributed by atoms with Gasteiger partial charge >= 0.3 is 6.09 Å². The van der Waals surface area contributed by atoms with E-state index < -0.39 is 17.9 Å². The molecule has 3 aromatic heterocycles. The maximum atomic E-state index is 17.2. The Kier molecular flexibility index (Phi) is 7.25. The molecule has 2 aliphatic rings. The minimum Gasteiger partial charge on any atom is -0.496 e. The number of ether oxygens (including phenoxy) is 1. The molecule has 4 heterocycles. The third-order valence-electron chi connectivity index (χ3n) is 8.00. The van der Waals surface area contributed by atoms with E-state index in [-0.39, 0.29) is 17.3 Å². The normalized spacial score (nSPS) is 22.3. The number of hydrogen-bond acceptors (Lipinski definition) is 8. The van der Waals surface area contributed by atoms with Crippen molar-refractivity contribution in [2.75, 3.05) is 7.11 Å². The maximum absolute atomic E-state index is 17.2. The minimum absolute atomic E-state index is 0.193. The van der Waals surface area contributed by atoms with Gasteiger partial charge in [-0.15, -0.1) is 5.48 Å². The fraction of sp³-hybridized carbons (Fsp3) is 0.414. The molecule has 4 aromatic rings. The standard InChI is InChI=1S/C29H31ClFN7O3/c1-16-8-10-17(11-9-16)15-38-23-22(18-12-19(30)14-32-13-18)33-25(26-36-28(39)41-37-26)34-24(23)35-27(38)29(2,31)20-6-4-5-7-21(20)40-3/h4-7,12-14,16-17,26,37H,8-11,15H2,1-3H3,(H,36,39). The topological polar surface area (TPSA) is 116 Å². The Labute approximate surface area is 241 Å². The molecule has 1 saturated heterocycles. The van der Waals surface area contributed by atoms with Gasteiger partial charge in [0.1, 0.15) is 17.0 Å². The van der Waals surface area contributed by atoms with Crippen LogP contribution in [0.2, 0.25) is 5.02 Å². The summed E-state index contributed by atoms with van der Waals surface area (Å²) in [4.78, 5) is 35.2. The molecular formula is C29H31ClFN7O3. The molecule has 2 unspecified atom stereocenters. The lowest BCUT2D eigenvalue weighted by atomic mass is 9.83. The van der Waals surface area contributed by atoms with E-state index in [0.717, 1.165) is 25.7 Å². The van der Waals surface area contributed by atoms with Gasteiger partial charge in [-0.05, 0) is 43.7 Å². The summed E-state index contributed by atoms with van der Waals surface area (Å²) in [5, 5.41) is 3.04. The van der Waals surface area contributed by atoms with E-state index in [9.17, 15) is 4.79 Å². The van der Waals surface area contributed by atoms with E-state index in [1.807, 2.05) is 4.57 Å². The number of benzene rings is 1. The first kappa shape index (κ1) is 27.3. The van der Waals surface area contributed by atoms with Crippen LogP contribution in [-0.4, -0.2) is 37.7 Å². The molecule has 12 heteroatoms. The van der Waals surface area contributed by atoms with Gasteiger partial charge in [0.2, 0.25) is 0 Å². The van der Waals surface area contributed by atoms with Crippen LogP contribution in [0.5, 0.6) is 5.75 Å². The first-order valence-electron chi connectivity index (χ1n) is 13.7. The molecule has 0 bridgehead atoms. The molecule has 2 fully saturated rings. The van der Waals surface area contributed by atoms with Crippen LogP contribution in [0.3, 0.4) is 0 Å². The fourth-order valence-electron chi connectivity index (χ4n) is 5.79. The molecular weight excluding hydrogens is 549 g/mol. The summed E-state index contributed by atoms with van der Waals surface area (Å²) in [6.45, 7) is 4.30. The highest BCUT2D eigenvalue weighted by atomic mass is 35.5. The molecule has 2 N–H and O–H groups in total. The Bertz CT molecular complexity index is 1600. The zero-order valence-corrected chi connectivity index (χ0v) is 23.8. The van der Waals surface area contributed by atoms with Crippen molar-refractivity contribution < 1.29 is 18.8 Å². The van der Waals surface area contributed by atoms with Gasteiger partial charge in [-0.2, -0.15) is 0 Å². The minimum atomic E-state index is -2.04. The summed E-state index contributed by atoms with van der Waals surface area (Å²) >= 11 is 6.34. The number of carbonyl (C=O) groups excluding carboxylic acids is 1. The molecule has 41 heavy (non-hydrogen) atoms. The second kappa shape index (κ2) is 10.9. The molecule has 1 aliphatic carbocycles. The number of hydrogen-bond donors (Lipinski definition) is 2. The summed E-state index contributed by atoms with van der Waals surface area (Å²) in [6.07, 6.45) is 5.98. The van der Waals surface area contributed by atoms with Crippen molar-refractivity contribution >= 4 is 28.9 Å². The summed E-state index contributed by atoms with van der Waals surface area (Å²) in [6, 6.07) is 8.76. The predicted octanol–water partition coefficient (Wildman–Crippen LogP) is 5.85. The van der Waals surface area contributed by atoms with Gasteiger partial charge in [0, 0.05) is 30.1 Å². The molecule has 1 aromatic carbocycles. The van der Waals surface area contributed by atoms with Crippen molar-refractivity contribution in [3.8, 4) is 17.0 Å². The van der Waals surface area contributed by atoms with Crippen LogP contribution in [0, 0.1) is 11.8 Å². The average molecular weight is 580 g/mol. The molecule has 0 spiro atoms. The predicted molar refractivity (Wildman–Crippen MR) is 151 cm³/mol. The Morgan fingerprint density at radius 1 is 1.17 bits per heavy atom. The molecule has 1 saturated carbocycles. The highest BCUT2D eigenvalue weighted by molar-refractivity contribution is 6.30. The number of rotatable bonds is 7. The lowest BCUT2D eigenvalue weighted by molar-refractivity contribution is 0.120. The smallest absolute Gasteiger partial charge is 0.427 e. The van der Waals surface area contributed by atoms with Crippen LogP contribution in [0.15, 0.2) is 42.7 Å². The van der Waals surface area contributed by atoms with Gasteiger partial charge in [-0.25, -0.2) is 24.1 Å². The Balaban J connectivity index is 1.60. The van der Waals surface area contributed by atoms with Gasteiger partial charge in [0.25, 0.3) is 0 Å². The molecule has 214 valence electrons. The summed E-state index contributed by atoms with van der Waals surface area (Å²) in [5.74, 6) is 1.81. The van der Waals surface area contributed by atoms with Crippen molar-refractivity contribution in [2.24, 2.45) is 11.8 Å². The zero-order valence-electron chi connectivity index (χ0n) is 23.0. The lowest BCUT2D eigenvalue weighted by Crippen LogP contribution is -2.27. The number of fused-ring (bicyclic) bond motifs is 1. The highest BCUT2D eigenvalue weighted by Gasteiger charge is 2.39. The quantitative estimate of drug-likeness (QED) is 0.280. The first-order chi connectivity index (χ1) is 19.7. The van der Waals surface area contributed by atoms with E-state index in [0.29, 0.717) is 51.5 Å². The number of pyridine rings is 1. The number of hydroxylamine groups is 1. The number of nitrogens with one attached hydrogen (secondary N) is 2. The Hall–Kier alpha value is -3.83. The van der Waals surface area contributed by atoms with Crippen LogP contribution in [0.25, 0.3) is 22.4 Å². The van der Waals surface area contributed by atoms with Crippen LogP contribution in [0.4, 0.5) is 9.18 Å². The number of halogens is 2. The Morgan fingerprint density at radius 2 is 1.95 bits per heavy atom. The zero-order chi connectivity index (χ0) is 28.7. The van der Waals surface area contributed by atoms with E-state index in [4.69, 9.17) is 31.1 Å². The number of para-hydroxylation sites is 1. The number of methoxy groups -OCH3 is 1. The molecule has 6 rings (SSSR count).